The van der Waals surface area contributed by atoms with E-state index in [0.717, 1.165) is 29.7 Å². The molecule has 6 heteroatoms. The van der Waals surface area contributed by atoms with Gasteiger partial charge in [0.2, 0.25) is 0 Å². The quantitative estimate of drug-likeness (QED) is 0.428. The number of rotatable bonds is 10. The van der Waals surface area contributed by atoms with Crippen molar-refractivity contribution in [1.82, 2.24) is 10.3 Å². The van der Waals surface area contributed by atoms with Crippen LogP contribution >= 0.6 is 0 Å². The molecule has 0 spiro atoms. The molecule has 0 aliphatic heterocycles. The largest absolute Gasteiger partial charge is 0.490 e. The summed E-state index contributed by atoms with van der Waals surface area (Å²) in [6.07, 6.45) is 3.50. The van der Waals surface area contributed by atoms with Crippen LogP contribution in [0, 0.1) is 0 Å². The summed E-state index contributed by atoms with van der Waals surface area (Å²) in [5.74, 6) is -0.626. The summed E-state index contributed by atoms with van der Waals surface area (Å²) < 4.78 is 5.70. The molecule has 0 saturated heterocycles. The molecule has 3 rings (SSSR count). The molecule has 162 valence electrons. The van der Waals surface area contributed by atoms with Crippen LogP contribution in [0.25, 0.3) is 11.1 Å². The standard InChI is InChI=1S/C25H28N2O4/c1-17(2)31-24-14-20(9-10-22(24)25(29)30)19-7-5-18(6-8-19)11-13-27-16-23(28)21-4-3-12-26-15-21/h3-10,12,14-15,17,23,27-28H,11,13,16H2,1-2H3,(H,29,30)/t23-/m0/s1. The molecular weight excluding hydrogens is 392 g/mol. The summed E-state index contributed by atoms with van der Waals surface area (Å²) in [5.41, 5.74) is 4.04. The first kappa shape index (κ1) is 22.5. The van der Waals surface area contributed by atoms with E-state index in [9.17, 15) is 15.0 Å². The Kier molecular flexibility index (Phi) is 7.76. The third-order valence-electron chi connectivity index (χ3n) is 4.86. The van der Waals surface area contributed by atoms with E-state index in [1.54, 1.807) is 30.6 Å². The highest BCUT2D eigenvalue weighted by Gasteiger charge is 2.14. The van der Waals surface area contributed by atoms with Crippen molar-refractivity contribution in [3.63, 3.8) is 0 Å². The molecule has 0 aliphatic rings. The fourth-order valence-electron chi connectivity index (χ4n) is 3.26. The van der Waals surface area contributed by atoms with Crippen LogP contribution in [0.4, 0.5) is 0 Å². The van der Waals surface area contributed by atoms with Crippen LogP contribution in [0.3, 0.4) is 0 Å². The van der Waals surface area contributed by atoms with Crippen molar-refractivity contribution in [2.45, 2.75) is 32.5 Å². The lowest BCUT2D eigenvalue weighted by molar-refractivity contribution is 0.0690. The number of hydrogen-bond donors (Lipinski definition) is 3. The van der Waals surface area contributed by atoms with Gasteiger partial charge in [0.1, 0.15) is 11.3 Å². The number of carboxylic acid groups (broad SMARTS) is 1. The van der Waals surface area contributed by atoms with Gasteiger partial charge in [-0.05, 0) is 61.7 Å². The zero-order chi connectivity index (χ0) is 22.2. The highest BCUT2D eigenvalue weighted by Crippen LogP contribution is 2.28. The molecule has 6 nitrogen and oxygen atoms in total. The second kappa shape index (κ2) is 10.7. The monoisotopic (exact) mass is 420 g/mol. The molecule has 0 aliphatic carbocycles. The number of pyridine rings is 1. The molecular formula is C25H28N2O4. The van der Waals surface area contributed by atoms with Crippen LogP contribution in [-0.2, 0) is 6.42 Å². The minimum absolute atomic E-state index is 0.111. The number of aliphatic hydroxyl groups is 1. The molecule has 0 amide bonds. The van der Waals surface area contributed by atoms with Gasteiger partial charge in [-0.3, -0.25) is 4.98 Å². The van der Waals surface area contributed by atoms with E-state index in [2.05, 4.69) is 22.4 Å². The van der Waals surface area contributed by atoms with Crippen LogP contribution in [0.5, 0.6) is 5.75 Å². The van der Waals surface area contributed by atoms with Crippen molar-refractivity contribution in [2.75, 3.05) is 13.1 Å². The van der Waals surface area contributed by atoms with E-state index in [0.29, 0.717) is 12.3 Å². The van der Waals surface area contributed by atoms with Crippen molar-refractivity contribution in [3.8, 4) is 16.9 Å². The minimum atomic E-state index is -1.00. The minimum Gasteiger partial charge on any atom is -0.490 e. The van der Waals surface area contributed by atoms with E-state index in [1.165, 1.54) is 5.56 Å². The van der Waals surface area contributed by atoms with E-state index in [-0.39, 0.29) is 11.7 Å². The van der Waals surface area contributed by atoms with Crippen molar-refractivity contribution in [3.05, 3.63) is 83.7 Å². The molecule has 1 aromatic heterocycles. The summed E-state index contributed by atoms with van der Waals surface area (Å²) in [6.45, 7) is 4.96. The maximum absolute atomic E-state index is 11.4. The van der Waals surface area contributed by atoms with Gasteiger partial charge in [-0.1, -0.05) is 36.4 Å². The number of ether oxygens (including phenoxy) is 1. The Balaban J connectivity index is 1.58. The predicted octanol–water partition coefficient (Wildman–Crippen LogP) is 4.10. The van der Waals surface area contributed by atoms with Gasteiger partial charge in [-0.15, -0.1) is 0 Å². The first-order valence-corrected chi connectivity index (χ1v) is 10.4. The zero-order valence-corrected chi connectivity index (χ0v) is 17.8. The number of carbonyl (C=O) groups is 1. The maximum Gasteiger partial charge on any atom is 0.339 e. The molecule has 3 aromatic rings. The molecule has 0 saturated carbocycles. The van der Waals surface area contributed by atoms with Crippen molar-refractivity contribution >= 4 is 5.97 Å². The lowest BCUT2D eigenvalue weighted by atomic mass is 10.0. The summed E-state index contributed by atoms with van der Waals surface area (Å²) >= 11 is 0. The number of hydrogen-bond acceptors (Lipinski definition) is 5. The molecule has 2 aromatic carbocycles. The Morgan fingerprint density at radius 3 is 2.48 bits per heavy atom. The van der Waals surface area contributed by atoms with Crippen LogP contribution in [0.2, 0.25) is 0 Å². The third-order valence-corrected chi connectivity index (χ3v) is 4.86. The summed E-state index contributed by atoms with van der Waals surface area (Å²) in [5, 5.41) is 22.8. The molecule has 0 bridgehead atoms. The fourth-order valence-corrected chi connectivity index (χ4v) is 3.26. The maximum atomic E-state index is 11.4. The fraction of sp³-hybridized carbons (Fsp3) is 0.280. The van der Waals surface area contributed by atoms with E-state index < -0.39 is 12.1 Å². The normalized spacial score (nSPS) is 12.0. The third kappa shape index (κ3) is 6.38. The lowest BCUT2D eigenvalue weighted by Gasteiger charge is -2.14. The van der Waals surface area contributed by atoms with Crippen molar-refractivity contribution < 1.29 is 19.7 Å². The number of aliphatic hydroxyl groups excluding tert-OH is 1. The first-order valence-electron chi connectivity index (χ1n) is 10.4. The summed E-state index contributed by atoms with van der Waals surface area (Å²) in [7, 11) is 0. The average Bonchev–Trinajstić information content (AvgIpc) is 2.77. The molecule has 0 radical (unpaired) electrons. The smallest absolute Gasteiger partial charge is 0.339 e. The van der Waals surface area contributed by atoms with Gasteiger partial charge in [0.05, 0.1) is 12.2 Å². The summed E-state index contributed by atoms with van der Waals surface area (Å²) in [4.78, 5) is 15.5. The van der Waals surface area contributed by atoms with E-state index in [4.69, 9.17) is 4.74 Å². The highest BCUT2D eigenvalue weighted by molar-refractivity contribution is 5.92. The van der Waals surface area contributed by atoms with Crippen molar-refractivity contribution in [1.29, 1.82) is 0 Å². The molecule has 31 heavy (non-hydrogen) atoms. The number of benzene rings is 2. The van der Waals surface area contributed by atoms with Gasteiger partial charge in [0.15, 0.2) is 0 Å². The Labute approximate surface area is 182 Å². The molecule has 3 N–H and O–H groups in total. The van der Waals surface area contributed by atoms with Gasteiger partial charge in [0.25, 0.3) is 0 Å². The van der Waals surface area contributed by atoms with Gasteiger partial charge < -0.3 is 20.3 Å². The van der Waals surface area contributed by atoms with E-state index in [1.807, 2.05) is 38.1 Å². The SMILES string of the molecule is CC(C)Oc1cc(-c2ccc(CCNC[C@H](O)c3cccnc3)cc2)ccc1C(=O)O. The van der Waals surface area contributed by atoms with Crippen LogP contribution in [0.1, 0.15) is 41.4 Å². The van der Waals surface area contributed by atoms with Gasteiger partial charge >= 0.3 is 5.97 Å². The van der Waals surface area contributed by atoms with Crippen LogP contribution in [-0.4, -0.2) is 40.4 Å². The molecule has 1 heterocycles. The molecule has 1 atom stereocenters. The van der Waals surface area contributed by atoms with Crippen LogP contribution < -0.4 is 10.1 Å². The second-order valence-corrected chi connectivity index (χ2v) is 7.64. The zero-order valence-electron chi connectivity index (χ0n) is 17.8. The lowest BCUT2D eigenvalue weighted by Crippen LogP contribution is -2.23. The average molecular weight is 421 g/mol. The summed E-state index contributed by atoms with van der Waals surface area (Å²) in [6, 6.07) is 17.0. The van der Waals surface area contributed by atoms with Crippen molar-refractivity contribution in [2.24, 2.45) is 0 Å². The Morgan fingerprint density at radius 1 is 1.10 bits per heavy atom. The number of aromatic nitrogens is 1. The first-order chi connectivity index (χ1) is 14.9. The molecule has 0 fully saturated rings. The number of nitrogens with one attached hydrogen (secondary N) is 1. The number of carboxylic acids is 1. The van der Waals surface area contributed by atoms with Crippen LogP contribution in [0.15, 0.2) is 67.0 Å². The van der Waals surface area contributed by atoms with E-state index >= 15 is 0 Å². The Bertz CT molecular complexity index is 988. The topological polar surface area (TPSA) is 91.7 Å². The van der Waals surface area contributed by atoms with Gasteiger partial charge in [0, 0.05) is 24.5 Å². The second-order valence-electron chi connectivity index (χ2n) is 7.64. The highest BCUT2D eigenvalue weighted by atomic mass is 16.5. The van der Waals surface area contributed by atoms with Gasteiger partial charge in [-0.25, -0.2) is 4.79 Å². The Hall–Kier alpha value is -3.22. The predicted molar refractivity (Wildman–Crippen MR) is 120 cm³/mol. The number of aromatic carboxylic acids is 1. The Morgan fingerprint density at radius 2 is 1.84 bits per heavy atom. The number of nitrogens with zero attached hydrogens (tertiary/aromatic N) is 1. The van der Waals surface area contributed by atoms with Gasteiger partial charge in [-0.2, -0.15) is 0 Å². The molecule has 0 unspecified atom stereocenters.